The number of amides is 2. The molecule has 0 aromatic heterocycles. The highest BCUT2D eigenvalue weighted by Gasteiger charge is 2.31. The lowest BCUT2D eigenvalue weighted by Gasteiger charge is -2.36. The van der Waals surface area contributed by atoms with Gasteiger partial charge in [0, 0.05) is 32.1 Å². The number of rotatable bonds is 4. The Balaban J connectivity index is 1.40. The highest BCUT2D eigenvalue weighted by Crippen LogP contribution is 2.27. The van der Waals surface area contributed by atoms with Crippen LogP contribution in [0, 0.1) is 11.8 Å². The number of nitrogens with zero attached hydrogens (tertiary/aromatic N) is 3. The molecular formula is C20H35N3O2. The molecule has 0 N–H and O–H groups in total. The van der Waals surface area contributed by atoms with Crippen molar-refractivity contribution in [3.8, 4) is 0 Å². The van der Waals surface area contributed by atoms with E-state index in [1.165, 1.54) is 12.8 Å². The van der Waals surface area contributed by atoms with Gasteiger partial charge in [0.2, 0.25) is 11.8 Å². The highest BCUT2D eigenvalue weighted by atomic mass is 16.2. The van der Waals surface area contributed by atoms with Gasteiger partial charge in [-0.05, 0) is 70.4 Å². The Kier molecular flexibility index (Phi) is 6.37. The summed E-state index contributed by atoms with van der Waals surface area (Å²) in [6.07, 6.45) is 8.92. The van der Waals surface area contributed by atoms with Gasteiger partial charge in [0.25, 0.3) is 0 Å². The Labute approximate surface area is 152 Å². The lowest BCUT2D eigenvalue weighted by Crippen LogP contribution is -2.47. The molecule has 25 heavy (non-hydrogen) atoms. The van der Waals surface area contributed by atoms with Gasteiger partial charge in [-0.15, -0.1) is 0 Å². The Hall–Kier alpha value is -1.10. The van der Waals surface area contributed by atoms with Crippen LogP contribution in [0.5, 0.6) is 0 Å². The molecule has 3 aliphatic rings. The predicted octanol–water partition coefficient (Wildman–Crippen LogP) is 2.36. The first kappa shape index (κ1) is 18.7. The summed E-state index contributed by atoms with van der Waals surface area (Å²) < 4.78 is 0. The summed E-state index contributed by atoms with van der Waals surface area (Å²) in [6, 6.07) is 0.429. The van der Waals surface area contributed by atoms with Crippen molar-refractivity contribution in [1.29, 1.82) is 0 Å². The van der Waals surface area contributed by atoms with Gasteiger partial charge >= 0.3 is 0 Å². The van der Waals surface area contributed by atoms with Gasteiger partial charge in [-0.3, -0.25) is 14.5 Å². The first-order valence-electron chi connectivity index (χ1n) is 10.3. The molecule has 0 radical (unpaired) electrons. The molecule has 5 heteroatoms. The molecule has 0 aromatic rings. The molecule has 2 aliphatic heterocycles. The Bertz CT molecular complexity index is 460. The van der Waals surface area contributed by atoms with E-state index in [4.69, 9.17) is 0 Å². The monoisotopic (exact) mass is 349 g/mol. The summed E-state index contributed by atoms with van der Waals surface area (Å²) in [7, 11) is 1.98. The fourth-order valence-corrected chi connectivity index (χ4v) is 4.67. The molecule has 0 unspecified atom stereocenters. The molecule has 0 spiro atoms. The largest absolute Gasteiger partial charge is 0.342 e. The SMILES string of the molecule is CC1CCC(N(C)C(=O)CN2CCC(C(=O)N3CCCC3)CC2)CC1. The number of likely N-dealkylation sites (N-methyl/N-ethyl adjacent to an activating group) is 1. The van der Waals surface area contributed by atoms with E-state index in [0.29, 0.717) is 18.5 Å². The van der Waals surface area contributed by atoms with Crippen molar-refractivity contribution in [3.05, 3.63) is 0 Å². The molecule has 2 amide bonds. The summed E-state index contributed by atoms with van der Waals surface area (Å²) in [6.45, 7) is 6.49. The van der Waals surface area contributed by atoms with E-state index in [1.807, 2.05) is 16.8 Å². The fraction of sp³-hybridized carbons (Fsp3) is 0.900. The Morgan fingerprint density at radius 1 is 0.920 bits per heavy atom. The second kappa shape index (κ2) is 8.52. The minimum atomic E-state index is 0.182. The van der Waals surface area contributed by atoms with Crippen LogP contribution in [0.4, 0.5) is 0 Å². The van der Waals surface area contributed by atoms with Crippen LogP contribution in [0.15, 0.2) is 0 Å². The van der Waals surface area contributed by atoms with Gasteiger partial charge in [-0.2, -0.15) is 0 Å². The molecule has 5 nitrogen and oxygen atoms in total. The molecule has 0 aromatic carbocycles. The van der Waals surface area contributed by atoms with Crippen LogP contribution >= 0.6 is 0 Å². The molecular weight excluding hydrogens is 314 g/mol. The van der Waals surface area contributed by atoms with Crippen LogP contribution in [-0.2, 0) is 9.59 Å². The molecule has 3 rings (SSSR count). The number of piperidine rings is 1. The number of carbonyl (C=O) groups is 2. The van der Waals surface area contributed by atoms with Gasteiger partial charge in [0.05, 0.1) is 6.54 Å². The molecule has 0 bridgehead atoms. The maximum Gasteiger partial charge on any atom is 0.236 e. The van der Waals surface area contributed by atoms with E-state index >= 15 is 0 Å². The van der Waals surface area contributed by atoms with Gasteiger partial charge in [-0.25, -0.2) is 0 Å². The van der Waals surface area contributed by atoms with Gasteiger partial charge in [0.1, 0.15) is 0 Å². The van der Waals surface area contributed by atoms with Crippen LogP contribution in [-0.4, -0.2) is 72.3 Å². The van der Waals surface area contributed by atoms with Gasteiger partial charge < -0.3 is 9.80 Å². The van der Waals surface area contributed by atoms with E-state index in [1.54, 1.807) is 0 Å². The average molecular weight is 350 g/mol. The van der Waals surface area contributed by atoms with E-state index in [0.717, 1.165) is 70.6 Å². The lowest BCUT2D eigenvalue weighted by molar-refractivity contribution is -0.137. The maximum absolute atomic E-state index is 12.6. The van der Waals surface area contributed by atoms with Crippen molar-refractivity contribution in [3.63, 3.8) is 0 Å². The topological polar surface area (TPSA) is 43.9 Å². The van der Waals surface area contributed by atoms with Crippen LogP contribution in [0.1, 0.15) is 58.3 Å². The fourth-order valence-electron chi connectivity index (χ4n) is 4.67. The third-order valence-electron chi connectivity index (χ3n) is 6.64. The lowest BCUT2D eigenvalue weighted by atomic mass is 9.87. The first-order chi connectivity index (χ1) is 12.0. The number of hydrogen-bond donors (Lipinski definition) is 0. The zero-order valence-corrected chi connectivity index (χ0v) is 16.1. The number of carbonyl (C=O) groups excluding carboxylic acids is 2. The van der Waals surface area contributed by atoms with Crippen molar-refractivity contribution >= 4 is 11.8 Å². The molecule has 2 saturated heterocycles. The zero-order chi connectivity index (χ0) is 17.8. The van der Waals surface area contributed by atoms with Crippen molar-refractivity contribution in [2.24, 2.45) is 11.8 Å². The summed E-state index contributed by atoms with van der Waals surface area (Å²) in [5.74, 6) is 1.61. The van der Waals surface area contributed by atoms with Crippen molar-refractivity contribution in [2.45, 2.75) is 64.3 Å². The second-order valence-corrected chi connectivity index (χ2v) is 8.50. The van der Waals surface area contributed by atoms with Gasteiger partial charge in [0.15, 0.2) is 0 Å². The van der Waals surface area contributed by atoms with Crippen LogP contribution < -0.4 is 0 Å². The summed E-state index contributed by atoms with van der Waals surface area (Å²) in [5, 5.41) is 0. The summed E-state index contributed by atoms with van der Waals surface area (Å²) >= 11 is 0. The van der Waals surface area contributed by atoms with E-state index < -0.39 is 0 Å². The zero-order valence-electron chi connectivity index (χ0n) is 16.1. The Morgan fingerprint density at radius 3 is 2.12 bits per heavy atom. The molecule has 142 valence electrons. The quantitative estimate of drug-likeness (QED) is 0.783. The number of likely N-dealkylation sites (tertiary alicyclic amines) is 2. The normalized spacial score (nSPS) is 29.0. The van der Waals surface area contributed by atoms with Crippen molar-refractivity contribution < 1.29 is 9.59 Å². The third-order valence-corrected chi connectivity index (χ3v) is 6.64. The summed E-state index contributed by atoms with van der Waals surface area (Å²) in [4.78, 5) is 31.4. The van der Waals surface area contributed by atoms with Crippen LogP contribution in [0.3, 0.4) is 0 Å². The summed E-state index contributed by atoms with van der Waals surface area (Å²) in [5.41, 5.74) is 0. The van der Waals surface area contributed by atoms with Crippen molar-refractivity contribution in [1.82, 2.24) is 14.7 Å². The van der Waals surface area contributed by atoms with E-state index in [-0.39, 0.29) is 11.8 Å². The standard InChI is InChI=1S/C20H35N3O2/c1-16-5-7-18(8-6-16)21(2)19(24)15-22-13-9-17(10-14-22)20(25)23-11-3-4-12-23/h16-18H,3-15H2,1-2H3. The number of hydrogen-bond acceptors (Lipinski definition) is 3. The molecule has 1 aliphatic carbocycles. The van der Waals surface area contributed by atoms with Crippen molar-refractivity contribution in [2.75, 3.05) is 39.8 Å². The van der Waals surface area contributed by atoms with E-state index in [9.17, 15) is 9.59 Å². The Morgan fingerprint density at radius 2 is 1.52 bits per heavy atom. The van der Waals surface area contributed by atoms with Crippen LogP contribution in [0.25, 0.3) is 0 Å². The first-order valence-corrected chi connectivity index (χ1v) is 10.3. The van der Waals surface area contributed by atoms with E-state index in [2.05, 4.69) is 11.8 Å². The highest BCUT2D eigenvalue weighted by molar-refractivity contribution is 5.80. The molecule has 3 fully saturated rings. The maximum atomic E-state index is 12.6. The minimum Gasteiger partial charge on any atom is -0.342 e. The average Bonchev–Trinajstić information content (AvgIpc) is 3.16. The van der Waals surface area contributed by atoms with Crippen LogP contribution in [0.2, 0.25) is 0 Å². The minimum absolute atomic E-state index is 0.182. The van der Waals surface area contributed by atoms with Gasteiger partial charge in [-0.1, -0.05) is 6.92 Å². The third kappa shape index (κ3) is 4.75. The molecule has 0 atom stereocenters. The molecule has 1 saturated carbocycles. The molecule has 2 heterocycles. The smallest absolute Gasteiger partial charge is 0.236 e. The predicted molar refractivity (Wildman–Crippen MR) is 99.2 cm³/mol. The second-order valence-electron chi connectivity index (χ2n) is 8.50.